The van der Waals surface area contributed by atoms with E-state index in [1.54, 1.807) is 11.0 Å². The number of fused-ring (bicyclic) bond motifs is 7. The average molecular weight is 522 g/mol. The van der Waals surface area contributed by atoms with Crippen LogP contribution in [0.15, 0.2) is 53.5 Å². The zero-order valence-corrected chi connectivity index (χ0v) is 20.3. The van der Waals surface area contributed by atoms with Gasteiger partial charge in [0, 0.05) is 36.9 Å². The van der Waals surface area contributed by atoms with Crippen molar-refractivity contribution in [3.05, 3.63) is 98.5 Å². The van der Waals surface area contributed by atoms with Gasteiger partial charge < -0.3 is 19.5 Å². The summed E-state index contributed by atoms with van der Waals surface area (Å²) in [7, 11) is 0. The third-order valence-corrected chi connectivity index (χ3v) is 8.19. The Hall–Kier alpha value is -3.76. The number of halogens is 2. The number of hydrogen-bond acceptors (Lipinski definition) is 6. The molecule has 4 atom stereocenters. The van der Waals surface area contributed by atoms with Gasteiger partial charge in [-0.15, -0.1) is 0 Å². The van der Waals surface area contributed by atoms with E-state index in [1.165, 1.54) is 16.9 Å². The number of aromatic hydroxyl groups is 1. The molecule has 0 spiro atoms. The predicted octanol–water partition coefficient (Wildman–Crippen LogP) is 3.32. The van der Waals surface area contributed by atoms with E-state index in [-0.39, 0.29) is 24.4 Å². The fourth-order valence-corrected chi connectivity index (χ4v) is 6.58. The smallest absolute Gasteiger partial charge is 0.278 e. The molecular weight excluding hydrogens is 496 g/mol. The molecule has 2 aromatic carbocycles. The Kier molecular flexibility index (Phi) is 5.31. The van der Waals surface area contributed by atoms with Crippen molar-refractivity contribution in [3.63, 3.8) is 0 Å². The molecular formula is C28H25F2N3O5. The number of carbonyl (C=O) groups is 1. The maximum Gasteiger partial charge on any atom is 0.278 e. The molecule has 1 aliphatic carbocycles. The van der Waals surface area contributed by atoms with Gasteiger partial charge in [-0.2, -0.15) is 0 Å². The van der Waals surface area contributed by atoms with Crippen LogP contribution in [0.2, 0.25) is 0 Å². The van der Waals surface area contributed by atoms with E-state index < -0.39 is 52.9 Å². The van der Waals surface area contributed by atoms with Crippen molar-refractivity contribution in [1.82, 2.24) is 9.58 Å². The van der Waals surface area contributed by atoms with E-state index in [0.717, 1.165) is 17.2 Å². The first-order chi connectivity index (χ1) is 18.5. The van der Waals surface area contributed by atoms with E-state index in [1.807, 2.05) is 29.3 Å². The zero-order valence-electron chi connectivity index (χ0n) is 20.3. The molecule has 1 N–H and O–H groups in total. The van der Waals surface area contributed by atoms with E-state index in [4.69, 9.17) is 9.47 Å². The average Bonchev–Trinajstić information content (AvgIpc) is 3.06. The van der Waals surface area contributed by atoms with E-state index in [0.29, 0.717) is 31.6 Å². The number of amides is 1. The molecule has 3 aromatic rings. The van der Waals surface area contributed by atoms with E-state index in [2.05, 4.69) is 0 Å². The van der Waals surface area contributed by atoms with Crippen LogP contribution in [0.5, 0.6) is 5.75 Å². The minimum atomic E-state index is -0.934. The van der Waals surface area contributed by atoms with Gasteiger partial charge in [-0.25, -0.2) is 8.78 Å². The number of morpholine rings is 1. The van der Waals surface area contributed by atoms with Crippen molar-refractivity contribution in [2.75, 3.05) is 31.4 Å². The molecule has 8 nitrogen and oxygen atoms in total. The molecule has 1 amide bonds. The highest BCUT2D eigenvalue weighted by atomic mass is 19.2. The Balaban J connectivity index is 1.56. The highest BCUT2D eigenvalue weighted by molar-refractivity contribution is 5.96. The van der Waals surface area contributed by atoms with Gasteiger partial charge in [0.2, 0.25) is 5.43 Å². The topological polar surface area (TPSA) is 84.2 Å². The van der Waals surface area contributed by atoms with Crippen molar-refractivity contribution >= 4 is 5.91 Å². The quantitative estimate of drug-likeness (QED) is 0.529. The van der Waals surface area contributed by atoms with Gasteiger partial charge in [0.1, 0.15) is 6.17 Å². The van der Waals surface area contributed by atoms with Gasteiger partial charge in [-0.3, -0.25) is 19.3 Å². The Morgan fingerprint density at radius 2 is 1.79 bits per heavy atom. The second-order valence-corrected chi connectivity index (χ2v) is 10.1. The Bertz CT molecular complexity index is 1520. The Morgan fingerprint density at radius 3 is 2.63 bits per heavy atom. The highest BCUT2D eigenvalue weighted by Gasteiger charge is 2.48. The standard InChI is InChI=1S/C28H25F2N3O5/c29-19-8-7-17-22(23(19)30)18-6-3-12-38-27(18)16-5-2-1-4-15(16)24(17)33-21-14-37-13-11-31(21)28(36)25-26(35)20(34)9-10-32(25)33/h1-2,4-5,7-10,18,21,24,27,35H,3,6,11-14H2. The minimum absolute atomic E-state index is 0.152. The maximum absolute atomic E-state index is 15.8. The number of pyridine rings is 1. The summed E-state index contributed by atoms with van der Waals surface area (Å²) in [5.41, 5.74) is 1.60. The number of rotatable bonds is 1. The first-order valence-corrected chi connectivity index (χ1v) is 12.8. The third-order valence-electron chi connectivity index (χ3n) is 8.19. The number of aromatic nitrogens is 1. The van der Waals surface area contributed by atoms with Crippen LogP contribution >= 0.6 is 0 Å². The molecule has 2 saturated heterocycles. The van der Waals surface area contributed by atoms with Gasteiger partial charge in [-0.1, -0.05) is 30.3 Å². The van der Waals surface area contributed by atoms with Gasteiger partial charge in [-0.05, 0) is 35.6 Å². The Labute approximate surface area is 216 Å². The lowest BCUT2D eigenvalue weighted by atomic mass is 9.83. The molecule has 0 saturated carbocycles. The first kappa shape index (κ1) is 23.4. The molecule has 38 heavy (non-hydrogen) atoms. The van der Waals surface area contributed by atoms with Crippen molar-refractivity contribution in [2.24, 2.45) is 0 Å². The zero-order chi connectivity index (χ0) is 26.1. The molecule has 4 aliphatic rings. The fourth-order valence-electron chi connectivity index (χ4n) is 6.58. The predicted molar refractivity (Wildman–Crippen MR) is 132 cm³/mol. The summed E-state index contributed by atoms with van der Waals surface area (Å²) in [4.78, 5) is 27.5. The van der Waals surface area contributed by atoms with Gasteiger partial charge in [0.05, 0.1) is 25.4 Å². The molecule has 1 aromatic heterocycles. The molecule has 196 valence electrons. The summed E-state index contributed by atoms with van der Waals surface area (Å²) in [6.45, 7) is 1.20. The number of carbonyl (C=O) groups excluding carboxylic acids is 1. The van der Waals surface area contributed by atoms with Crippen molar-refractivity contribution in [3.8, 4) is 5.75 Å². The van der Waals surface area contributed by atoms with E-state index in [9.17, 15) is 19.1 Å². The largest absolute Gasteiger partial charge is 0.502 e. The first-order valence-electron chi connectivity index (χ1n) is 12.8. The number of ether oxygens (including phenoxy) is 2. The van der Waals surface area contributed by atoms with Crippen LogP contribution in [-0.4, -0.2) is 53.1 Å². The summed E-state index contributed by atoms with van der Waals surface area (Å²) in [6.07, 6.45) is 1.67. The molecule has 4 heterocycles. The van der Waals surface area contributed by atoms with Crippen LogP contribution in [0.3, 0.4) is 0 Å². The minimum Gasteiger partial charge on any atom is -0.502 e. The van der Waals surface area contributed by atoms with Gasteiger partial charge in [0.15, 0.2) is 23.1 Å². The monoisotopic (exact) mass is 521 g/mol. The lowest BCUT2D eigenvalue weighted by Gasteiger charge is -2.51. The molecule has 0 bridgehead atoms. The van der Waals surface area contributed by atoms with Crippen molar-refractivity contribution in [2.45, 2.75) is 37.1 Å². The highest BCUT2D eigenvalue weighted by Crippen LogP contribution is 2.52. The molecule has 10 heteroatoms. The molecule has 3 aliphatic heterocycles. The number of benzene rings is 2. The molecule has 7 rings (SSSR count). The van der Waals surface area contributed by atoms with E-state index >= 15 is 4.39 Å². The van der Waals surface area contributed by atoms with Crippen molar-refractivity contribution < 1.29 is 28.2 Å². The van der Waals surface area contributed by atoms with Crippen LogP contribution < -0.4 is 10.4 Å². The molecule has 2 fully saturated rings. The number of hydrogen-bond donors (Lipinski definition) is 1. The lowest BCUT2D eigenvalue weighted by molar-refractivity contribution is -0.0198. The van der Waals surface area contributed by atoms with Crippen LogP contribution in [0, 0.1) is 11.6 Å². The maximum atomic E-state index is 15.8. The summed E-state index contributed by atoms with van der Waals surface area (Å²) < 4.78 is 44.0. The normalized spacial score (nSPS) is 26.0. The molecule has 4 unspecified atom stereocenters. The van der Waals surface area contributed by atoms with Crippen LogP contribution in [-0.2, 0) is 9.47 Å². The third kappa shape index (κ3) is 3.19. The molecule has 0 radical (unpaired) electrons. The fraction of sp³-hybridized carbons (Fsp3) is 0.357. The summed E-state index contributed by atoms with van der Waals surface area (Å²) in [5, 5.41) is 12.6. The number of nitrogens with zero attached hydrogens (tertiary/aromatic N) is 3. The Morgan fingerprint density at radius 1 is 0.974 bits per heavy atom. The SMILES string of the molecule is O=C1c2c(O)c(=O)ccn2N(C2c3ccccc3C3OCCCC3c3c2ccc(F)c3F)C2COCCN12. The lowest BCUT2D eigenvalue weighted by Crippen LogP contribution is -2.66. The van der Waals surface area contributed by atoms with Crippen molar-refractivity contribution in [1.29, 1.82) is 0 Å². The second-order valence-electron chi connectivity index (χ2n) is 10.1. The van der Waals surface area contributed by atoms with Gasteiger partial charge in [0.25, 0.3) is 5.91 Å². The second kappa shape index (κ2) is 8.64. The van der Waals surface area contributed by atoms with Crippen LogP contribution in [0.1, 0.15) is 63.6 Å². The summed E-state index contributed by atoms with van der Waals surface area (Å²) in [5.74, 6) is -3.40. The summed E-state index contributed by atoms with van der Waals surface area (Å²) >= 11 is 0. The summed E-state index contributed by atoms with van der Waals surface area (Å²) in [6, 6.07) is 10.8. The van der Waals surface area contributed by atoms with Crippen LogP contribution in [0.4, 0.5) is 8.78 Å². The van der Waals surface area contributed by atoms with Crippen LogP contribution in [0.25, 0.3) is 0 Å². The van der Waals surface area contributed by atoms with Gasteiger partial charge >= 0.3 is 0 Å².